The molecule has 5 nitrogen and oxygen atoms in total. The fourth-order valence-electron chi connectivity index (χ4n) is 3.73. The number of hydrogen-bond acceptors (Lipinski definition) is 4. The van der Waals surface area contributed by atoms with Crippen molar-refractivity contribution in [1.82, 2.24) is 0 Å². The Bertz CT molecular complexity index is 1150. The van der Waals surface area contributed by atoms with Crippen LogP contribution in [0.2, 0.25) is 5.02 Å². The molecule has 1 aliphatic heterocycles. The number of ketones is 1. The van der Waals surface area contributed by atoms with Crippen molar-refractivity contribution in [3.63, 3.8) is 0 Å². The molecule has 0 saturated heterocycles. The molecule has 0 aromatic heterocycles. The van der Waals surface area contributed by atoms with Crippen molar-refractivity contribution in [3.8, 4) is 5.75 Å². The summed E-state index contributed by atoms with van der Waals surface area (Å²) in [4.78, 5) is 27.9. The molecule has 4 rings (SSSR count). The lowest BCUT2D eigenvalue weighted by Crippen LogP contribution is -2.41. The molecule has 0 bridgehead atoms. The van der Waals surface area contributed by atoms with Gasteiger partial charge in [-0.05, 0) is 60.2 Å². The van der Waals surface area contributed by atoms with Crippen LogP contribution in [0.3, 0.4) is 0 Å². The van der Waals surface area contributed by atoms with Gasteiger partial charge in [-0.15, -0.1) is 0 Å². The Morgan fingerprint density at radius 2 is 1.77 bits per heavy atom. The van der Waals surface area contributed by atoms with Crippen LogP contribution in [0.4, 0.5) is 5.69 Å². The smallest absolute Gasteiger partial charge is 0.264 e. The van der Waals surface area contributed by atoms with Gasteiger partial charge >= 0.3 is 0 Å². The molecule has 158 valence electrons. The number of carbonyl (C=O) groups excluding carboxylic acids is 2. The number of amides is 1. The number of nitrogens with zero attached hydrogens (tertiary/aromatic N) is 1. The molecule has 0 fully saturated rings. The van der Waals surface area contributed by atoms with Gasteiger partial charge < -0.3 is 14.7 Å². The zero-order valence-electron chi connectivity index (χ0n) is 16.6. The van der Waals surface area contributed by atoms with Gasteiger partial charge in [-0.1, -0.05) is 39.7 Å². The van der Waals surface area contributed by atoms with Crippen LogP contribution in [0.5, 0.6) is 5.75 Å². The van der Waals surface area contributed by atoms with Crippen molar-refractivity contribution in [2.24, 2.45) is 0 Å². The fourth-order valence-corrected chi connectivity index (χ4v) is 4.22. The number of carbonyl (C=O) groups is 2. The first-order valence-electron chi connectivity index (χ1n) is 9.58. The Hall–Kier alpha value is -2.67. The number of benzene rings is 3. The Morgan fingerprint density at radius 1 is 1.10 bits per heavy atom. The predicted molar refractivity (Wildman–Crippen MR) is 123 cm³/mol. The van der Waals surface area contributed by atoms with Crippen LogP contribution in [-0.2, 0) is 16.9 Å². The largest absolute Gasteiger partial charge is 0.497 e. The van der Waals surface area contributed by atoms with Crippen molar-refractivity contribution in [2.75, 3.05) is 12.0 Å². The Balaban J connectivity index is 1.67. The van der Waals surface area contributed by atoms with E-state index in [1.165, 1.54) is 4.90 Å². The number of ether oxygens (including phenoxy) is 1. The van der Waals surface area contributed by atoms with E-state index in [2.05, 4.69) is 15.9 Å². The number of halogens is 2. The summed E-state index contributed by atoms with van der Waals surface area (Å²) in [7, 11) is 1.54. The van der Waals surface area contributed by atoms with Gasteiger partial charge in [-0.25, -0.2) is 0 Å². The summed E-state index contributed by atoms with van der Waals surface area (Å²) < 4.78 is 5.83. The molecule has 0 saturated carbocycles. The molecule has 3 aromatic rings. The van der Waals surface area contributed by atoms with Crippen LogP contribution in [0.1, 0.15) is 27.9 Å². The minimum Gasteiger partial charge on any atom is -0.497 e. The van der Waals surface area contributed by atoms with Gasteiger partial charge in [0.15, 0.2) is 11.4 Å². The van der Waals surface area contributed by atoms with Gasteiger partial charge in [0.1, 0.15) is 5.75 Å². The first kappa shape index (κ1) is 21.6. The molecule has 0 spiro atoms. The topological polar surface area (TPSA) is 66.8 Å². The molecular weight excluding hydrogens is 482 g/mol. The van der Waals surface area contributed by atoms with Crippen molar-refractivity contribution < 1.29 is 19.4 Å². The van der Waals surface area contributed by atoms with E-state index in [0.29, 0.717) is 32.1 Å². The molecule has 0 radical (unpaired) electrons. The maximum absolute atomic E-state index is 13.4. The summed E-state index contributed by atoms with van der Waals surface area (Å²) in [6, 6.07) is 19.0. The van der Waals surface area contributed by atoms with Gasteiger partial charge in [-0.3, -0.25) is 9.59 Å². The third kappa shape index (κ3) is 4.11. The molecule has 1 amide bonds. The van der Waals surface area contributed by atoms with E-state index in [-0.39, 0.29) is 18.7 Å². The van der Waals surface area contributed by atoms with E-state index in [1.54, 1.807) is 61.7 Å². The van der Waals surface area contributed by atoms with Gasteiger partial charge in [0, 0.05) is 20.6 Å². The van der Waals surface area contributed by atoms with Crippen LogP contribution in [0, 0.1) is 0 Å². The van der Waals surface area contributed by atoms with E-state index in [4.69, 9.17) is 16.3 Å². The Morgan fingerprint density at radius 3 is 2.42 bits per heavy atom. The summed E-state index contributed by atoms with van der Waals surface area (Å²) in [5.74, 6) is -0.245. The highest BCUT2D eigenvalue weighted by molar-refractivity contribution is 9.10. The summed E-state index contributed by atoms with van der Waals surface area (Å²) in [5, 5.41) is 12.1. The van der Waals surface area contributed by atoms with Crippen molar-refractivity contribution >= 4 is 44.9 Å². The molecule has 1 aliphatic rings. The molecule has 1 N–H and O–H groups in total. The average molecular weight is 501 g/mol. The zero-order chi connectivity index (χ0) is 22.2. The van der Waals surface area contributed by atoms with Crippen LogP contribution < -0.4 is 9.64 Å². The molecular formula is C24H19BrClNO4. The number of anilines is 1. The normalized spacial score (nSPS) is 17.5. The van der Waals surface area contributed by atoms with Gasteiger partial charge in [-0.2, -0.15) is 0 Å². The first-order valence-corrected chi connectivity index (χ1v) is 10.7. The van der Waals surface area contributed by atoms with Crippen molar-refractivity contribution in [3.05, 3.63) is 92.9 Å². The lowest BCUT2D eigenvalue weighted by molar-refractivity contribution is -0.136. The lowest BCUT2D eigenvalue weighted by Gasteiger charge is -2.23. The monoisotopic (exact) mass is 499 g/mol. The van der Waals surface area contributed by atoms with Gasteiger partial charge in [0.25, 0.3) is 5.91 Å². The number of hydrogen-bond donors (Lipinski definition) is 1. The summed E-state index contributed by atoms with van der Waals surface area (Å²) in [6.45, 7) is 0.254. The maximum atomic E-state index is 13.4. The second kappa shape index (κ2) is 8.46. The highest BCUT2D eigenvalue weighted by Gasteiger charge is 2.51. The quantitative estimate of drug-likeness (QED) is 0.477. The molecule has 0 aliphatic carbocycles. The van der Waals surface area contributed by atoms with Crippen LogP contribution in [0.25, 0.3) is 0 Å². The van der Waals surface area contributed by atoms with Crippen molar-refractivity contribution in [2.45, 2.75) is 18.6 Å². The second-order valence-corrected chi connectivity index (χ2v) is 8.72. The van der Waals surface area contributed by atoms with Crippen LogP contribution in [-0.4, -0.2) is 23.9 Å². The fraction of sp³-hybridized carbons (Fsp3) is 0.167. The first-order chi connectivity index (χ1) is 14.8. The van der Waals surface area contributed by atoms with E-state index < -0.39 is 11.5 Å². The van der Waals surface area contributed by atoms with E-state index >= 15 is 0 Å². The summed E-state index contributed by atoms with van der Waals surface area (Å²) in [6.07, 6.45) is -0.362. The minimum absolute atomic E-state index is 0.254. The molecule has 7 heteroatoms. The molecule has 1 heterocycles. The second-order valence-electron chi connectivity index (χ2n) is 7.37. The Labute approximate surface area is 193 Å². The third-order valence-electron chi connectivity index (χ3n) is 5.38. The number of fused-ring (bicyclic) bond motifs is 1. The van der Waals surface area contributed by atoms with E-state index in [1.807, 2.05) is 12.1 Å². The molecule has 3 aromatic carbocycles. The van der Waals surface area contributed by atoms with E-state index in [9.17, 15) is 14.7 Å². The van der Waals surface area contributed by atoms with Crippen LogP contribution in [0.15, 0.2) is 71.2 Å². The Kier molecular flexibility index (Phi) is 5.88. The standard InChI is InChI=1S/C24H19BrClNO4/c1-31-19-9-4-16(5-10-19)22(28)13-24(30)20-12-17(25)6-11-21(20)27(23(24)29)14-15-2-7-18(26)8-3-15/h2-12,30H,13-14H2,1H3. The van der Waals surface area contributed by atoms with Crippen LogP contribution >= 0.6 is 27.5 Å². The molecule has 1 unspecified atom stereocenters. The SMILES string of the molecule is COc1ccc(C(=O)CC2(O)C(=O)N(Cc3ccc(Cl)cc3)c3ccc(Br)cc32)cc1. The lowest BCUT2D eigenvalue weighted by atomic mass is 9.88. The molecule has 31 heavy (non-hydrogen) atoms. The minimum atomic E-state index is -1.96. The average Bonchev–Trinajstić information content (AvgIpc) is 2.96. The number of Topliss-reactive ketones (excluding diaryl/α,β-unsaturated/α-hetero) is 1. The summed E-state index contributed by atoms with van der Waals surface area (Å²) in [5.41, 5.74) is 0.283. The number of rotatable bonds is 6. The highest BCUT2D eigenvalue weighted by atomic mass is 79.9. The number of methoxy groups -OCH3 is 1. The molecule has 1 atom stereocenters. The third-order valence-corrected chi connectivity index (χ3v) is 6.12. The maximum Gasteiger partial charge on any atom is 0.264 e. The van der Waals surface area contributed by atoms with Gasteiger partial charge in [0.05, 0.1) is 25.8 Å². The summed E-state index contributed by atoms with van der Waals surface area (Å²) >= 11 is 9.37. The number of aliphatic hydroxyl groups is 1. The highest BCUT2D eigenvalue weighted by Crippen LogP contribution is 2.44. The predicted octanol–water partition coefficient (Wildman–Crippen LogP) is 5.12. The van der Waals surface area contributed by atoms with E-state index in [0.717, 1.165) is 5.56 Å². The van der Waals surface area contributed by atoms with Crippen molar-refractivity contribution in [1.29, 1.82) is 0 Å². The zero-order valence-corrected chi connectivity index (χ0v) is 19.0. The van der Waals surface area contributed by atoms with Gasteiger partial charge in [0.2, 0.25) is 0 Å².